The summed E-state index contributed by atoms with van der Waals surface area (Å²) in [7, 11) is 0. The Morgan fingerprint density at radius 1 is 1.00 bits per heavy atom. The van der Waals surface area contributed by atoms with Crippen molar-refractivity contribution in [3.63, 3.8) is 0 Å². The molecule has 0 amide bonds. The first kappa shape index (κ1) is 14.5. The average molecular weight is 303 g/mol. The molecule has 0 aliphatic rings. The first-order chi connectivity index (χ1) is 9.29. The van der Waals surface area contributed by atoms with Crippen molar-refractivity contribution in [3.05, 3.63) is 59.4 Å². The van der Waals surface area contributed by atoms with Crippen LogP contribution in [0.15, 0.2) is 42.5 Å². The van der Waals surface area contributed by atoms with Gasteiger partial charge >= 0.3 is 6.18 Å². The van der Waals surface area contributed by atoms with E-state index in [4.69, 9.17) is 11.6 Å². The van der Waals surface area contributed by atoms with E-state index in [1.807, 2.05) is 0 Å². The Morgan fingerprint density at radius 3 is 2.10 bits per heavy atom. The van der Waals surface area contributed by atoms with E-state index in [1.165, 1.54) is 18.2 Å². The van der Waals surface area contributed by atoms with Crippen molar-refractivity contribution in [2.45, 2.75) is 6.18 Å². The van der Waals surface area contributed by atoms with Crippen LogP contribution in [0.5, 0.6) is 0 Å². The number of carbonyl (C=O) groups excluding carboxylic acids is 1. The fourth-order valence-electron chi connectivity index (χ4n) is 1.77. The van der Waals surface area contributed by atoms with Gasteiger partial charge in [-0.25, -0.2) is 4.39 Å². The van der Waals surface area contributed by atoms with E-state index in [2.05, 4.69) is 0 Å². The number of hydrogen-bond donors (Lipinski definition) is 0. The summed E-state index contributed by atoms with van der Waals surface area (Å²) in [5.74, 6) is -0.610. The molecule has 0 aliphatic heterocycles. The van der Waals surface area contributed by atoms with E-state index >= 15 is 0 Å². The Kier molecular flexibility index (Phi) is 3.81. The minimum absolute atomic E-state index is 0.0350. The summed E-state index contributed by atoms with van der Waals surface area (Å²) in [5.41, 5.74) is -0.357. The lowest BCUT2D eigenvalue weighted by molar-refractivity contribution is -0.137. The topological polar surface area (TPSA) is 17.1 Å². The lowest BCUT2D eigenvalue weighted by atomic mass is 9.99. The number of carbonyl (C=O) groups is 1. The molecule has 0 fully saturated rings. The molecule has 0 spiro atoms. The van der Waals surface area contributed by atoms with E-state index in [-0.39, 0.29) is 16.7 Å². The minimum atomic E-state index is -4.45. The third kappa shape index (κ3) is 2.99. The van der Waals surface area contributed by atoms with E-state index in [1.54, 1.807) is 0 Å². The summed E-state index contributed by atoms with van der Waals surface area (Å²) >= 11 is 5.37. The molecule has 1 nitrogen and oxygen atoms in total. The highest BCUT2D eigenvalue weighted by Crippen LogP contribution is 2.32. The van der Waals surface area contributed by atoms with Crippen molar-refractivity contribution >= 4 is 16.8 Å². The first-order valence-electron chi connectivity index (χ1n) is 5.46. The SMILES string of the molecule is O=C(Cl)c1ccc(F)cc1-c1ccc(C(F)(F)F)cc1. The quantitative estimate of drug-likeness (QED) is 0.570. The number of rotatable bonds is 2. The van der Waals surface area contributed by atoms with Crippen LogP contribution in [0.1, 0.15) is 15.9 Å². The molecule has 0 radical (unpaired) electrons. The van der Waals surface area contributed by atoms with Gasteiger partial charge in [0.1, 0.15) is 5.82 Å². The second-order valence-corrected chi connectivity index (χ2v) is 4.38. The highest BCUT2D eigenvalue weighted by atomic mass is 35.5. The van der Waals surface area contributed by atoms with Gasteiger partial charge in [-0.1, -0.05) is 12.1 Å². The molecule has 0 N–H and O–H groups in total. The molecule has 0 aromatic heterocycles. The van der Waals surface area contributed by atoms with Crippen molar-refractivity contribution in [2.24, 2.45) is 0 Å². The van der Waals surface area contributed by atoms with Gasteiger partial charge in [-0.05, 0) is 53.1 Å². The predicted molar refractivity (Wildman–Crippen MR) is 67.0 cm³/mol. The molecule has 0 bridgehead atoms. The summed E-state index contributed by atoms with van der Waals surface area (Å²) in [6, 6.07) is 7.37. The monoisotopic (exact) mass is 302 g/mol. The Bertz CT molecular complexity index is 647. The summed E-state index contributed by atoms with van der Waals surface area (Å²) in [4.78, 5) is 11.2. The minimum Gasteiger partial charge on any atom is -0.276 e. The molecule has 0 heterocycles. The van der Waals surface area contributed by atoms with Gasteiger partial charge < -0.3 is 0 Å². The van der Waals surface area contributed by atoms with Gasteiger partial charge in [-0.2, -0.15) is 13.2 Å². The van der Waals surface area contributed by atoms with E-state index < -0.39 is 22.8 Å². The van der Waals surface area contributed by atoms with Gasteiger partial charge in [0.2, 0.25) is 0 Å². The molecule has 2 rings (SSSR count). The molecule has 0 aliphatic carbocycles. The lowest BCUT2D eigenvalue weighted by Gasteiger charge is -2.09. The third-order valence-corrected chi connectivity index (χ3v) is 2.92. The summed E-state index contributed by atoms with van der Waals surface area (Å²) in [5, 5.41) is -0.806. The summed E-state index contributed by atoms with van der Waals surface area (Å²) < 4.78 is 50.6. The summed E-state index contributed by atoms with van der Waals surface area (Å²) in [6.07, 6.45) is -4.45. The second-order valence-electron chi connectivity index (χ2n) is 4.04. The molecule has 6 heteroatoms. The fourth-order valence-corrected chi connectivity index (χ4v) is 1.93. The zero-order chi connectivity index (χ0) is 14.9. The van der Waals surface area contributed by atoms with Crippen molar-refractivity contribution in [1.29, 1.82) is 0 Å². The number of alkyl halides is 3. The molecule has 20 heavy (non-hydrogen) atoms. The molecule has 2 aromatic carbocycles. The van der Waals surface area contributed by atoms with E-state index in [0.29, 0.717) is 0 Å². The van der Waals surface area contributed by atoms with Crippen LogP contribution in [0.25, 0.3) is 11.1 Å². The van der Waals surface area contributed by atoms with Crippen LogP contribution >= 0.6 is 11.6 Å². The highest BCUT2D eigenvalue weighted by molar-refractivity contribution is 6.68. The zero-order valence-corrected chi connectivity index (χ0v) is 10.6. The average Bonchev–Trinajstić information content (AvgIpc) is 2.37. The van der Waals surface area contributed by atoms with E-state index in [0.717, 1.165) is 24.3 Å². The van der Waals surface area contributed by atoms with Crippen LogP contribution < -0.4 is 0 Å². The van der Waals surface area contributed by atoms with Crippen LogP contribution in [0.4, 0.5) is 17.6 Å². The molecule has 0 saturated heterocycles. The summed E-state index contributed by atoms with van der Waals surface area (Å²) in [6.45, 7) is 0. The number of halogens is 5. The van der Waals surface area contributed by atoms with Crippen molar-refractivity contribution < 1.29 is 22.4 Å². The molecular formula is C14H7ClF4O. The predicted octanol–water partition coefficient (Wildman–Crippen LogP) is 4.89. The molecular weight excluding hydrogens is 296 g/mol. The van der Waals surface area contributed by atoms with Crippen LogP contribution in [0.3, 0.4) is 0 Å². The normalized spacial score (nSPS) is 11.4. The van der Waals surface area contributed by atoms with Crippen LogP contribution in [-0.2, 0) is 6.18 Å². The smallest absolute Gasteiger partial charge is 0.276 e. The van der Waals surface area contributed by atoms with Gasteiger partial charge in [-0.3, -0.25) is 4.79 Å². The Balaban J connectivity index is 2.52. The van der Waals surface area contributed by atoms with Gasteiger partial charge in [-0.15, -0.1) is 0 Å². The number of hydrogen-bond acceptors (Lipinski definition) is 1. The Morgan fingerprint density at radius 2 is 1.60 bits per heavy atom. The molecule has 0 unspecified atom stereocenters. The maximum absolute atomic E-state index is 13.2. The zero-order valence-electron chi connectivity index (χ0n) is 9.84. The van der Waals surface area contributed by atoms with Gasteiger partial charge in [0, 0.05) is 5.56 Å². The van der Waals surface area contributed by atoms with Crippen molar-refractivity contribution in [3.8, 4) is 11.1 Å². The van der Waals surface area contributed by atoms with Gasteiger partial charge in [0.25, 0.3) is 5.24 Å². The van der Waals surface area contributed by atoms with Crippen molar-refractivity contribution in [2.75, 3.05) is 0 Å². The standard InChI is InChI=1S/C14H7ClF4O/c15-13(20)11-6-5-10(16)7-12(11)8-1-3-9(4-2-8)14(17,18)19/h1-7H. The highest BCUT2D eigenvalue weighted by Gasteiger charge is 2.30. The first-order valence-corrected chi connectivity index (χ1v) is 5.84. The molecule has 0 saturated carbocycles. The Labute approximate surface area is 116 Å². The Hall–Kier alpha value is -1.88. The number of benzene rings is 2. The van der Waals surface area contributed by atoms with Crippen LogP contribution in [-0.4, -0.2) is 5.24 Å². The fraction of sp³-hybridized carbons (Fsp3) is 0.0714. The molecule has 2 aromatic rings. The van der Waals surface area contributed by atoms with Gasteiger partial charge in [0.05, 0.1) is 5.56 Å². The maximum atomic E-state index is 13.2. The van der Waals surface area contributed by atoms with Crippen LogP contribution in [0, 0.1) is 5.82 Å². The second kappa shape index (κ2) is 5.25. The maximum Gasteiger partial charge on any atom is 0.416 e. The largest absolute Gasteiger partial charge is 0.416 e. The lowest BCUT2D eigenvalue weighted by Crippen LogP contribution is -2.04. The van der Waals surface area contributed by atoms with Gasteiger partial charge in [0.15, 0.2) is 0 Å². The third-order valence-electron chi connectivity index (χ3n) is 2.72. The van der Waals surface area contributed by atoms with E-state index in [9.17, 15) is 22.4 Å². The molecule has 0 atom stereocenters. The molecule has 104 valence electrons. The van der Waals surface area contributed by atoms with Crippen LogP contribution in [0.2, 0.25) is 0 Å². The van der Waals surface area contributed by atoms with Crippen molar-refractivity contribution in [1.82, 2.24) is 0 Å².